The Morgan fingerprint density at radius 2 is 1.91 bits per heavy atom. The fraction of sp³-hybridized carbons (Fsp3) is 0.333. The van der Waals surface area contributed by atoms with Crippen LogP contribution in [0.2, 0.25) is 0 Å². The first-order chi connectivity index (χ1) is 11.3. The summed E-state index contributed by atoms with van der Waals surface area (Å²) in [5.41, 5.74) is 1.84. The van der Waals surface area contributed by atoms with Gasteiger partial charge in [-0.05, 0) is 49.2 Å². The highest BCUT2D eigenvalue weighted by Crippen LogP contribution is 2.23. The zero-order valence-electron chi connectivity index (χ0n) is 13.2. The summed E-state index contributed by atoms with van der Waals surface area (Å²) in [6.07, 6.45) is 4.53. The Morgan fingerprint density at radius 3 is 2.48 bits per heavy atom. The zero-order chi connectivity index (χ0) is 16.1. The summed E-state index contributed by atoms with van der Waals surface area (Å²) in [7, 11) is 1.68. The third kappa shape index (κ3) is 3.80. The van der Waals surface area contributed by atoms with E-state index in [9.17, 15) is 4.79 Å². The van der Waals surface area contributed by atoms with Crippen molar-refractivity contribution < 1.29 is 9.53 Å². The normalized spacial score (nSPS) is 15.3. The van der Waals surface area contributed by atoms with Crippen LogP contribution in [0, 0.1) is 0 Å². The van der Waals surface area contributed by atoms with Crippen molar-refractivity contribution in [2.75, 3.05) is 30.4 Å². The van der Waals surface area contributed by atoms with E-state index in [0.29, 0.717) is 11.6 Å². The maximum absolute atomic E-state index is 10.6. The van der Waals surface area contributed by atoms with E-state index in [2.05, 4.69) is 27.3 Å². The number of benzene rings is 1. The van der Waals surface area contributed by atoms with E-state index < -0.39 is 0 Å². The molecule has 0 unspecified atom stereocenters. The van der Waals surface area contributed by atoms with Gasteiger partial charge in [-0.3, -0.25) is 4.79 Å². The van der Waals surface area contributed by atoms with E-state index in [1.54, 1.807) is 19.4 Å². The van der Waals surface area contributed by atoms with Gasteiger partial charge in [0.05, 0.1) is 7.11 Å². The summed E-state index contributed by atoms with van der Waals surface area (Å²) in [5, 5.41) is 3.45. The van der Waals surface area contributed by atoms with Crippen LogP contribution in [0.5, 0.6) is 5.75 Å². The van der Waals surface area contributed by atoms with Crippen molar-refractivity contribution in [2.45, 2.75) is 18.9 Å². The molecule has 1 aromatic carbocycles. The SMILES string of the molecule is COc1ccc(N2CCC(Nc3ccc(C=O)cn3)CC2)cc1. The van der Waals surface area contributed by atoms with Gasteiger partial charge in [-0.1, -0.05) is 0 Å². The van der Waals surface area contributed by atoms with Gasteiger partial charge in [0.2, 0.25) is 0 Å². The molecule has 23 heavy (non-hydrogen) atoms. The fourth-order valence-corrected chi connectivity index (χ4v) is 2.84. The Hall–Kier alpha value is -2.56. The van der Waals surface area contributed by atoms with Gasteiger partial charge < -0.3 is 15.0 Å². The molecule has 1 aliphatic heterocycles. The second-order valence-corrected chi connectivity index (χ2v) is 5.70. The molecular formula is C18H21N3O2. The van der Waals surface area contributed by atoms with Crippen LogP contribution in [-0.4, -0.2) is 37.5 Å². The van der Waals surface area contributed by atoms with E-state index in [1.165, 1.54) is 5.69 Å². The van der Waals surface area contributed by atoms with E-state index in [1.807, 2.05) is 18.2 Å². The van der Waals surface area contributed by atoms with Crippen molar-refractivity contribution in [3.63, 3.8) is 0 Å². The number of hydrogen-bond acceptors (Lipinski definition) is 5. The molecule has 1 fully saturated rings. The van der Waals surface area contributed by atoms with Gasteiger partial charge in [-0.25, -0.2) is 4.98 Å². The molecule has 1 saturated heterocycles. The fourth-order valence-electron chi connectivity index (χ4n) is 2.84. The Labute approximate surface area is 136 Å². The first-order valence-electron chi connectivity index (χ1n) is 7.85. The van der Waals surface area contributed by atoms with Gasteiger partial charge in [0, 0.05) is 36.6 Å². The van der Waals surface area contributed by atoms with Crippen molar-refractivity contribution in [1.82, 2.24) is 4.98 Å². The molecule has 2 aromatic rings. The van der Waals surface area contributed by atoms with Crippen LogP contribution in [0.3, 0.4) is 0 Å². The summed E-state index contributed by atoms with van der Waals surface area (Å²) in [4.78, 5) is 17.3. The molecule has 0 amide bonds. The number of hydrogen-bond donors (Lipinski definition) is 1. The molecule has 0 aliphatic carbocycles. The first-order valence-corrected chi connectivity index (χ1v) is 7.85. The van der Waals surface area contributed by atoms with Crippen molar-refractivity contribution in [3.8, 4) is 5.75 Å². The minimum absolute atomic E-state index is 0.416. The maximum Gasteiger partial charge on any atom is 0.151 e. The Kier molecular flexibility index (Phi) is 4.76. The minimum atomic E-state index is 0.416. The number of anilines is 2. The third-order valence-corrected chi connectivity index (χ3v) is 4.21. The molecule has 5 nitrogen and oxygen atoms in total. The number of pyridine rings is 1. The average molecular weight is 311 g/mol. The number of aromatic nitrogens is 1. The smallest absolute Gasteiger partial charge is 0.151 e. The molecular weight excluding hydrogens is 290 g/mol. The largest absolute Gasteiger partial charge is 0.497 e. The Morgan fingerprint density at radius 1 is 1.17 bits per heavy atom. The van der Waals surface area contributed by atoms with Crippen molar-refractivity contribution in [1.29, 1.82) is 0 Å². The Bertz CT molecular complexity index is 632. The van der Waals surface area contributed by atoms with E-state index in [0.717, 1.165) is 43.8 Å². The molecule has 0 radical (unpaired) electrons. The number of piperidine rings is 1. The number of carbonyl (C=O) groups excluding carboxylic acids is 1. The molecule has 0 saturated carbocycles. The van der Waals surface area contributed by atoms with Crippen molar-refractivity contribution in [3.05, 3.63) is 48.2 Å². The second kappa shape index (κ2) is 7.13. The van der Waals surface area contributed by atoms with Gasteiger partial charge in [0.25, 0.3) is 0 Å². The molecule has 2 heterocycles. The van der Waals surface area contributed by atoms with Crippen molar-refractivity contribution in [2.24, 2.45) is 0 Å². The van der Waals surface area contributed by atoms with Gasteiger partial charge in [-0.15, -0.1) is 0 Å². The van der Waals surface area contributed by atoms with Crippen LogP contribution in [0.15, 0.2) is 42.6 Å². The lowest BCUT2D eigenvalue weighted by atomic mass is 10.0. The average Bonchev–Trinajstić information content (AvgIpc) is 2.63. The van der Waals surface area contributed by atoms with Gasteiger partial charge in [0.1, 0.15) is 11.6 Å². The summed E-state index contributed by atoms with van der Waals surface area (Å²) >= 11 is 0. The van der Waals surface area contributed by atoms with Crippen LogP contribution >= 0.6 is 0 Å². The topological polar surface area (TPSA) is 54.5 Å². The quantitative estimate of drug-likeness (QED) is 0.860. The van der Waals surface area contributed by atoms with Crippen LogP contribution in [0.4, 0.5) is 11.5 Å². The number of aldehydes is 1. The zero-order valence-corrected chi connectivity index (χ0v) is 13.2. The molecule has 1 aliphatic rings. The molecule has 3 rings (SSSR count). The minimum Gasteiger partial charge on any atom is -0.497 e. The lowest BCUT2D eigenvalue weighted by molar-refractivity contribution is 0.112. The van der Waals surface area contributed by atoms with Gasteiger partial charge in [-0.2, -0.15) is 0 Å². The lowest BCUT2D eigenvalue weighted by Gasteiger charge is -2.34. The number of nitrogens with one attached hydrogen (secondary N) is 1. The van der Waals surface area contributed by atoms with Crippen molar-refractivity contribution >= 4 is 17.8 Å². The highest BCUT2D eigenvalue weighted by Gasteiger charge is 2.19. The van der Waals surface area contributed by atoms with Crippen LogP contribution < -0.4 is 15.0 Å². The summed E-state index contributed by atoms with van der Waals surface area (Å²) < 4.78 is 5.20. The number of rotatable bonds is 5. The van der Waals surface area contributed by atoms with Crippen LogP contribution in [0.1, 0.15) is 23.2 Å². The standard InChI is InChI=1S/C18H21N3O2/c1-23-17-5-3-16(4-6-17)21-10-8-15(9-11-21)20-18-7-2-14(13-22)12-19-18/h2-7,12-13,15H,8-11H2,1H3,(H,19,20). The molecule has 1 N–H and O–H groups in total. The van der Waals surface area contributed by atoms with Crippen LogP contribution in [0.25, 0.3) is 0 Å². The van der Waals surface area contributed by atoms with E-state index in [4.69, 9.17) is 4.74 Å². The predicted octanol–water partition coefficient (Wildman–Crippen LogP) is 2.98. The maximum atomic E-state index is 10.6. The molecule has 5 heteroatoms. The molecule has 0 atom stereocenters. The van der Waals surface area contributed by atoms with E-state index >= 15 is 0 Å². The van der Waals surface area contributed by atoms with E-state index in [-0.39, 0.29) is 0 Å². The second-order valence-electron chi connectivity index (χ2n) is 5.70. The summed E-state index contributed by atoms with van der Waals surface area (Å²) in [5.74, 6) is 1.72. The molecule has 0 bridgehead atoms. The predicted molar refractivity (Wildman–Crippen MR) is 91.5 cm³/mol. The highest BCUT2D eigenvalue weighted by molar-refractivity contribution is 5.74. The monoisotopic (exact) mass is 311 g/mol. The van der Waals surface area contributed by atoms with Gasteiger partial charge in [0.15, 0.2) is 6.29 Å². The molecule has 1 aromatic heterocycles. The van der Waals surface area contributed by atoms with Crippen LogP contribution in [-0.2, 0) is 0 Å². The number of nitrogens with zero attached hydrogens (tertiary/aromatic N) is 2. The lowest BCUT2D eigenvalue weighted by Crippen LogP contribution is -2.39. The number of ether oxygens (including phenoxy) is 1. The number of carbonyl (C=O) groups is 1. The van der Waals surface area contributed by atoms with Gasteiger partial charge >= 0.3 is 0 Å². The summed E-state index contributed by atoms with van der Waals surface area (Å²) in [6, 6.07) is 12.3. The molecule has 120 valence electrons. The third-order valence-electron chi connectivity index (χ3n) is 4.21. The Balaban J connectivity index is 1.53. The number of methoxy groups -OCH3 is 1. The molecule has 0 spiro atoms. The first kappa shape index (κ1) is 15.3. The summed E-state index contributed by atoms with van der Waals surface area (Å²) in [6.45, 7) is 2.02. The highest BCUT2D eigenvalue weighted by atomic mass is 16.5.